The van der Waals surface area contributed by atoms with Crippen molar-refractivity contribution >= 4 is 10.9 Å². The third-order valence-corrected chi connectivity index (χ3v) is 4.05. The van der Waals surface area contributed by atoms with E-state index in [1.807, 2.05) is 30.5 Å². The smallest absolute Gasteiger partial charge is 0.0705 e. The van der Waals surface area contributed by atoms with Crippen LogP contribution >= 0.6 is 0 Å². The van der Waals surface area contributed by atoms with Gasteiger partial charge in [-0.3, -0.25) is 4.98 Å². The summed E-state index contributed by atoms with van der Waals surface area (Å²) in [5.41, 5.74) is 9.64. The van der Waals surface area contributed by atoms with Gasteiger partial charge in [0.05, 0.1) is 11.1 Å². The molecule has 1 unspecified atom stereocenters. The Morgan fingerprint density at radius 3 is 2.52 bits per heavy atom. The molecule has 0 fully saturated rings. The highest BCUT2D eigenvalue weighted by molar-refractivity contribution is 5.79. The molecular formula is C19H20N2. The summed E-state index contributed by atoms with van der Waals surface area (Å²) >= 11 is 0. The van der Waals surface area contributed by atoms with Crippen LogP contribution in [0.5, 0.6) is 0 Å². The highest BCUT2D eigenvalue weighted by Gasteiger charge is 2.28. The zero-order valence-corrected chi connectivity index (χ0v) is 12.3. The van der Waals surface area contributed by atoms with Crippen molar-refractivity contribution in [2.24, 2.45) is 5.73 Å². The van der Waals surface area contributed by atoms with Gasteiger partial charge in [-0.25, -0.2) is 0 Å². The van der Waals surface area contributed by atoms with Gasteiger partial charge >= 0.3 is 0 Å². The van der Waals surface area contributed by atoms with Crippen molar-refractivity contribution in [3.8, 4) is 0 Å². The minimum atomic E-state index is -0.457. The van der Waals surface area contributed by atoms with Gasteiger partial charge in [0, 0.05) is 11.6 Å². The fourth-order valence-electron chi connectivity index (χ4n) is 2.93. The molecule has 2 N–H and O–H groups in total. The van der Waals surface area contributed by atoms with E-state index in [1.165, 1.54) is 0 Å². The summed E-state index contributed by atoms with van der Waals surface area (Å²) in [5.74, 6) is 0. The molecule has 0 aliphatic carbocycles. The molecule has 0 spiro atoms. The number of fused-ring (bicyclic) bond motifs is 1. The molecule has 0 aliphatic heterocycles. The van der Waals surface area contributed by atoms with Crippen LogP contribution in [0.3, 0.4) is 0 Å². The van der Waals surface area contributed by atoms with Crippen molar-refractivity contribution in [2.75, 3.05) is 0 Å². The molecule has 0 saturated heterocycles. The topological polar surface area (TPSA) is 38.9 Å². The van der Waals surface area contributed by atoms with E-state index in [4.69, 9.17) is 5.73 Å². The monoisotopic (exact) mass is 276 g/mol. The molecule has 21 heavy (non-hydrogen) atoms. The first-order valence-electron chi connectivity index (χ1n) is 7.44. The Kier molecular flexibility index (Phi) is 3.72. The SMILES string of the molecule is CCCC(N)(c1ccccc1)c1ccc2cccnc2c1. The van der Waals surface area contributed by atoms with Crippen LogP contribution in [-0.2, 0) is 5.54 Å². The fourth-order valence-corrected chi connectivity index (χ4v) is 2.93. The average Bonchev–Trinajstić information content (AvgIpc) is 2.55. The molecule has 106 valence electrons. The Labute approximate surface area is 125 Å². The summed E-state index contributed by atoms with van der Waals surface area (Å²) in [4.78, 5) is 4.45. The van der Waals surface area contributed by atoms with Gasteiger partial charge in [0.1, 0.15) is 0 Å². The second kappa shape index (κ2) is 5.66. The summed E-state index contributed by atoms with van der Waals surface area (Å²) in [6.45, 7) is 2.17. The predicted molar refractivity (Wildman–Crippen MR) is 88.1 cm³/mol. The summed E-state index contributed by atoms with van der Waals surface area (Å²) in [6.07, 6.45) is 3.77. The second-order valence-electron chi connectivity index (χ2n) is 5.50. The fraction of sp³-hybridized carbons (Fsp3) is 0.211. The molecule has 0 bridgehead atoms. The van der Waals surface area contributed by atoms with Gasteiger partial charge in [-0.15, -0.1) is 0 Å². The normalized spacial score (nSPS) is 14.0. The first-order valence-corrected chi connectivity index (χ1v) is 7.44. The van der Waals surface area contributed by atoms with E-state index in [-0.39, 0.29) is 0 Å². The molecule has 1 aromatic heterocycles. The Balaban J connectivity index is 2.15. The first-order chi connectivity index (χ1) is 10.2. The Morgan fingerprint density at radius 2 is 1.76 bits per heavy atom. The molecular weight excluding hydrogens is 256 g/mol. The maximum absolute atomic E-state index is 6.81. The van der Waals surface area contributed by atoms with Gasteiger partial charge < -0.3 is 5.73 Å². The summed E-state index contributed by atoms with van der Waals surface area (Å²) in [6, 6.07) is 20.7. The number of nitrogens with two attached hydrogens (primary N) is 1. The lowest BCUT2D eigenvalue weighted by Gasteiger charge is -2.30. The Bertz CT molecular complexity index is 737. The van der Waals surface area contributed by atoms with Crippen LogP contribution in [0.2, 0.25) is 0 Å². The summed E-state index contributed by atoms with van der Waals surface area (Å²) in [7, 11) is 0. The van der Waals surface area contributed by atoms with Crippen molar-refractivity contribution in [1.82, 2.24) is 4.98 Å². The number of pyridine rings is 1. The van der Waals surface area contributed by atoms with Gasteiger partial charge in [-0.05, 0) is 29.7 Å². The highest BCUT2D eigenvalue weighted by atomic mass is 14.7. The van der Waals surface area contributed by atoms with E-state index in [2.05, 4.69) is 48.3 Å². The molecule has 2 aromatic carbocycles. The van der Waals surface area contributed by atoms with Crippen LogP contribution in [0, 0.1) is 0 Å². The standard InChI is InChI=1S/C19H20N2/c1-2-12-19(20,16-8-4-3-5-9-16)17-11-10-15-7-6-13-21-18(15)14-17/h3-11,13-14H,2,12,20H2,1H3. The number of rotatable bonds is 4. The number of hydrogen-bond acceptors (Lipinski definition) is 2. The first kappa shape index (κ1) is 13.8. The Morgan fingerprint density at radius 1 is 0.952 bits per heavy atom. The van der Waals surface area contributed by atoms with Crippen molar-refractivity contribution in [2.45, 2.75) is 25.3 Å². The zero-order valence-electron chi connectivity index (χ0n) is 12.3. The quantitative estimate of drug-likeness (QED) is 0.774. The molecule has 0 saturated carbocycles. The van der Waals surface area contributed by atoms with E-state index < -0.39 is 5.54 Å². The van der Waals surface area contributed by atoms with E-state index in [0.29, 0.717) is 0 Å². The van der Waals surface area contributed by atoms with Crippen LogP contribution in [0.4, 0.5) is 0 Å². The zero-order chi connectivity index (χ0) is 14.7. The lowest BCUT2D eigenvalue weighted by atomic mass is 9.80. The molecule has 0 aliphatic rings. The van der Waals surface area contributed by atoms with Crippen LogP contribution in [0.15, 0.2) is 66.9 Å². The van der Waals surface area contributed by atoms with Gasteiger partial charge in [0.2, 0.25) is 0 Å². The molecule has 3 rings (SSSR count). The van der Waals surface area contributed by atoms with Crippen LogP contribution in [-0.4, -0.2) is 4.98 Å². The predicted octanol–water partition coefficient (Wildman–Crippen LogP) is 4.24. The molecule has 3 aromatic rings. The molecule has 1 atom stereocenters. The van der Waals surface area contributed by atoms with Crippen LogP contribution in [0.25, 0.3) is 10.9 Å². The lowest BCUT2D eigenvalue weighted by molar-refractivity contribution is 0.485. The van der Waals surface area contributed by atoms with Crippen LogP contribution < -0.4 is 5.73 Å². The third-order valence-electron chi connectivity index (χ3n) is 4.05. The van der Waals surface area contributed by atoms with Crippen LogP contribution in [0.1, 0.15) is 30.9 Å². The molecule has 0 radical (unpaired) electrons. The van der Waals surface area contributed by atoms with Crippen molar-refractivity contribution < 1.29 is 0 Å². The maximum Gasteiger partial charge on any atom is 0.0705 e. The average molecular weight is 276 g/mol. The van der Waals surface area contributed by atoms with Crippen molar-refractivity contribution in [3.05, 3.63) is 78.0 Å². The van der Waals surface area contributed by atoms with Gasteiger partial charge in [0.15, 0.2) is 0 Å². The minimum absolute atomic E-state index is 0.457. The van der Waals surface area contributed by atoms with E-state index in [9.17, 15) is 0 Å². The van der Waals surface area contributed by atoms with Gasteiger partial charge in [0.25, 0.3) is 0 Å². The molecule has 1 heterocycles. The number of aromatic nitrogens is 1. The minimum Gasteiger partial charge on any atom is -0.318 e. The summed E-state index contributed by atoms with van der Waals surface area (Å²) in [5, 5.41) is 1.15. The largest absolute Gasteiger partial charge is 0.318 e. The van der Waals surface area contributed by atoms with Crippen molar-refractivity contribution in [1.29, 1.82) is 0 Å². The third kappa shape index (κ3) is 2.55. The summed E-state index contributed by atoms with van der Waals surface area (Å²) < 4.78 is 0. The van der Waals surface area contributed by atoms with Gasteiger partial charge in [-0.2, -0.15) is 0 Å². The number of nitrogens with zero attached hydrogens (tertiary/aromatic N) is 1. The lowest BCUT2D eigenvalue weighted by Crippen LogP contribution is -2.37. The Hall–Kier alpha value is -2.19. The maximum atomic E-state index is 6.81. The molecule has 2 nitrogen and oxygen atoms in total. The highest BCUT2D eigenvalue weighted by Crippen LogP contribution is 2.32. The molecule has 2 heteroatoms. The van der Waals surface area contributed by atoms with E-state index in [0.717, 1.165) is 34.9 Å². The van der Waals surface area contributed by atoms with Gasteiger partial charge in [-0.1, -0.05) is 61.9 Å². The molecule has 0 amide bonds. The van der Waals surface area contributed by atoms with E-state index in [1.54, 1.807) is 0 Å². The number of benzene rings is 2. The number of hydrogen-bond donors (Lipinski definition) is 1. The van der Waals surface area contributed by atoms with Crippen molar-refractivity contribution in [3.63, 3.8) is 0 Å². The van der Waals surface area contributed by atoms with E-state index >= 15 is 0 Å². The second-order valence-corrected chi connectivity index (χ2v) is 5.50.